The fraction of sp³-hybridized carbons (Fsp3) is 0.929. The summed E-state index contributed by atoms with van der Waals surface area (Å²) in [6.45, 7) is 9.89. The molecule has 18 heavy (non-hydrogen) atoms. The second-order valence-electron chi connectivity index (χ2n) is 6.79. The van der Waals surface area contributed by atoms with Crippen molar-refractivity contribution in [2.24, 2.45) is 17.3 Å². The fourth-order valence-corrected chi connectivity index (χ4v) is 4.63. The number of sulfone groups is 1. The second-order valence-corrected chi connectivity index (χ2v) is 9.51. The molecule has 3 atom stereocenters. The highest BCUT2D eigenvalue weighted by Crippen LogP contribution is 2.42. The van der Waals surface area contributed by atoms with Gasteiger partial charge in [-0.15, -0.1) is 0 Å². The lowest BCUT2D eigenvalue weighted by Gasteiger charge is -2.39. The van der Waals surface area contributed by atoms with E-state index < -0.39 is 20.3 Å². The largest absolute Gasteiger partial charge is 0.228 e. The van der Waals surface area contributed by atoms with E-state index in [4.69, 9.17) is 0 Å². The van der Waals surface area contributed by atoms with Crippen LogP contribution in [-0.4, -0.2) is 18.9 Å². The summed E-state index contributed by atoms with van der Waals surface area (Å²) in [5.41, 5.74) is 0.116. The molecule has 0 heterocycles. The third-order valence-corrected chi connectivity index (χ3v) is 6.94. The summed E-state index contributed by atoms with van der Waals surface area (Å²) < 4.78 is 24.8. The van der Waals surface area contributed by atoms with Gasteiger partial charge in [0, 0.05) is 0 Å². The lowest BCUT2D eigenvalue weighted by atomic mass is 9.70. The Bertz CT molecular complexity index is 426. The van der Waals surface area contributed by atoms with Gasteiger partial charge in [-0.3, -0.25) is 0 Å². The van der Waals surface area contributed by atoms with Crippen LogP contribution >= 0.6 is 0 Å². The first-order chi connectivity index (χ1) is 8.10. The van der Waals surface area contributed by atoms with Crippen molar-refractivity contribution in [2.45, 2.75) is 64.4 Å². The van der Waals surface area contributed by atoms with Crippen molar-refractivity contribution >= 4 is 9.84 Å². The van der Waals surface area contributed by atoms with E-state index in [0.29, 0.717) is 12.3 Å². The lowest BCUT2D eigenvalue weighted by molar-refractivity contribution is 0.166. The molecule has 0 saturated heterocycles. The summed E-state index contributed by atoms with van der Waals surface area (Å²) in [6, 6.07) is 2.21. The molecule has 4 heteroatoms. The average Bonchev–Trinajstić information content (AvgIpc) is 2.26. The van der Waals surface area contributed by atoms with E-state index in [1.165, 1.54) is 0 Å². The fourth-order valence-electron chi connectivity index (χ4n) is 2.78. The molecule has 1 aliphatic rings. The summed E-state index contributed by atoms with van der Waals surface area (Å²) >= 11 is 0. The predicted molar refractivity (Wildman–Crippen MR) is 73.7 cm³/mol. The van der Waals surface area contributed by atoms with Gasteiger partial charge < -0.3 is 0 Å². The first kappa shape index (κ1) is 15.5. The maximum atomic E-state index is 12.4. The molecule has 3 nitrogen and oxygen atoms in total. The van der Waals surface area contributed by atoms with Gasteiger partial charge in [-0.2, -0.15) is 5.26 Å². The molecule has 0 spiro atoms. The van der Waals surface area contributed by atoms with E-state index in [0.717, 1.165) is 12.8 Å². The molecule has 0 aromatic carbocycles. The summed E-state index contributed by atoms with van der Waals surface area (Å²) in [4.78, 5) is 0. The average molecular weight is 271 g/mol. The van der Waals surface area contributed by atoms with Gasteiger partial charge in [0.25, 0.3) is 0 Å². The van der Waals surface area contributed by atoms with Crippen molar-refractivity contribution in [1.82, 2.24) is 0 Å². The highest BCUT2D eigenvalue weighted by Gasteiger charge is 2.43. The van der Waals surface area contributed by atoms with Crippen LogP contribution in [0.1, 0.15) is 53.9 Å². The Balaban J connectivity index is 3.02. The van der Waals surface area contributed by atoms with Crippen molar-refractivity contribution in [3.63, 3.8) is 0 Å². The van der Waals surface area contributed by atoms with Crippen LogP contribution in [-0.2, 0) is 9.84 Å². The lowest BCUT2D eigenvalue weighted by Crippen LogP contribution is -2.41. The van der Waals surface area contributed by atoms with Crippen molar-refractivity contribution in [1.29, 1.82) is 5.26 Å². The standard InChI is InChI=1S/C14H25NO2S/c1-10(2)18(16,17)13-8-12(14(3,4)5)7-6-11(13)9-15/h10-13H,6-8H2,1-5H3. The van der Waals surface area contributed by atoms with E-state index in [1.54, 1.807) is 13.8 Å². The van der Waals surface area contributed by atoms with E-state index >= 15 is 0 Å². The normalized spacial score (nSPS) is 30.2. The van der Waals surface area contributed by atoms with Gasteiger partial charge in [0.15, 0.2) is 9.84 Å². The van der Waals surface area contributed by atoms with Crippen molar-refractivity contribution in [2.75, 3.05) is 0 Å². The van der Waals surface area contributed by atoms with Gasteiger partial charge in [-0.1, -0.05) is 20.8 Å². The van der Waals surface area contributed by atoms with Crippen LogP contribution in [0, 0.1) is 28.6 Å². The number of nitriles is 1. The predicted octanol–water partition coefficient (Wildman–Crippen LogP) is 3.16. The summed E-state index contributed by atoms with van der Waals surface area (Å²) in [6.07, 6.45) is 2.32. The Kier molecular flexibility index (Phi) is 4.48. The number of nitrogens with zero attached hydrogens (tertiary/aromatic N) is 1. The van der Waals surface area contributed by atoms with E-state index in [2.05, 4.69) is 26.8 Å². The molecule has 0 amide bonds. The molecule has 0 aromatic heterocycles. The first-order valence-electron chi connectivity index (χ1n) is 6.73. The molecule has 0 bridgehead atoms. The zero-order chi connectivity index (χ0) is 14.1. The molecular weight excluding hydrogens is 246 g/mol. The van der Waals surface area contributed by atoms with Crippen molar-refractivity contribution in [3.05, 3.63) is 0 Å². The van der Waals surface area contributed by atoms with Crippen molar-refractivity contribution < 1.29 is 8.42 Å². The van der Waals surface area contributed by atoms with Crippen LogP contribution in [0.3, 0.4) is 0 Å². The smallest absolute Gasteiger partial charge is 0.156 e. The Morgan fingerprint density at radius 1 is 1.22 bits per heavy atom. The van der Waals surface area contributed by atoms with Gasteiger partial charge in [-0.05, 0) is 44.4 Å². The Labute approximate surface area is 111 Å². The molecule has 1 rings (SSSR count). The Morgan fingerprint density at radius 2 is 1.78 bits per heavy atom. The Morgan fingerprint density at radius 3 is 2.17 bits per heavy atom. The maximum Gasteiger partial charge on any atom is 0.156 e. The van der Waals surface area contributed by atoms with Crippen LogP contribution in [0.2, 0.25) is 0 Å². The molecular formula is C14H25NO2S. The first-order valence-corrected chi connectivity index (χ1v) is 8.34. The van der Waals surface area contributed by atoms with E-state index in [9.17, 15) is 13.7 Å². The highest BCUT2D eigenvalue weighted by molar-refractivity contribution is 7.92. The number of hydrogen-bond acceptors (Lipinski definition) is 3. The molecule has 0 aliphatic heterocycles. The molecule has 0 aromatic rings. The number of hydrogen-bond donors (Lipinski definition) is 0. The quantitative estimate of drug-likeness (QED) is 0.775. The van der Waals surface area contributed by atoms with E-state index in [1.807, 2.05) is 0 Å². The Hall–Kier alpha value is -0.560. The zero-order valence-corrected chi connectivity index (χ0v) is 12.9. The molecule has 0 radical (unpaired) electrons. The van der Waals surface area contributed by atoms with Gasteiger partial charge in [-0.25, -0.2) is 8.42 Å². The van der Waals surface area contributed by atoms with Gasteiger partial charge >= 0.3 is 0 Å². The van der Waals surface area contributed by atoms with Gasteiger partial charge in [0.1, 0.15) is 0 Å². The molecule has 1 aliphatic carbocycles. The third kappa shape index (κ3) is 3.06. The van der Waals surface area contributed by atoms with Crippen LogP contribution in [0.15, 0.2) is 0 Å². The van der Waals surface area contributed by atoms with E-state index in [-0.39, 0.29) is 11.3 Å². The minimum absolute atomic E-state index is 0.116. The molecule has 104 valence electrons. The summed E-state index contributed by atoms with van der Waals surface area (Å²) in [7, 11) is -3.18. The van der Waals surface area contributed by atoms with Crippen LogP contribution in [0.4, 0.5) is 0 Å². The van der Waals surface area contributed by atoms with Crippen LogP contribution in [0.5, 0.6) is 0 Å². The summed E-state index contributed by atoms with van der Waals surface area (Å²) in [5.74, 6) is 0.0663. The SMILES string of the molecule is CC(C)S(=O)(=O)C1CC(C(C)(C)C)CCC1C#N. The van der Waals surface area contributed by atoms with Crippen molar-refractivity contribution in [3.8, 4) is 6.07 Å². The summed E-state index contributed by atoms with van der Waals surface area (Å²) in [5, 5.41) is 8.32. The number of rotatable bonds is 2. The third-order valence-electron chi connectivity index (χ3n) is 4.26. The topological polar surface area (TPSA) is 57.9 Å². The second kappa shape index (κ2) is 5.21. The minimum atomic E-state index is -3.18. The zero-order valence-electron chi connectivity index (χ0n) is 12.1. The minimum Gasteiger partial charge on any atom is -0.228 e. The molecule has 1 saturated carbocycles. The van der Waals surface area contributed by atoms with Gasteiger partial charge in [0.2, 0.25) is 0 Å². The molecule has 1 fully saturated rings. The highest BCUT2D eigenvalue weighted by atomic mass is 32.2. The molecule has 0 N–H and O–H groups in total. The maximum absolute atomic E-state index is 12.4. The van der Waals surface area contributed by atoms with Crippen LogP contribution < -0.4 is 0 Å². The molecule has 3 unspecified atom stereocenters. The monoisotopic (exact) mass is 271 g/mol. The van der Waals surface area contributed by atoms with Crippen LogP contribution in [0.25, 0.3) is 0 Å². The van der Waals surface area contributed by atoms with Gasteiger partial charge in [0.05, 0.1) is 22.5 Å².